The smallest absolute Gasteiger partial charge is 0.255 e. The first-order valence-corrected chi connectivity index (χ1v) is 11.3. The molecule has 0 saturated carbocycles. The van der Waals surface area contributed by atoms with Crippen molar-refractivity contribution in [2.45, 2.75) is 26.4 Å². The van der Waals surface area contributed by atoms with E-state index in [2.05, 4.69) is 28.2 Å². The summed E-state index contributed by atoms with van der Waals surface area (Å²) in [5.41, 5.74) is 4.36. The van der Waals surface area contributed by atoms with Gasteiger partial charge in [0.15, 0.2) is 0 Å². The second-order valence-electron chi connectivity index (χ2n) is 8.22. The molecule has 0 saturated heterocycles. The average molecular weight is 453 g/mol. The Balaban J connectivity index is 1.49. The summed E-state index contributed by atoms with van der Waals surface area (Å²) in [6, 6.07) is 21.2. The van der Waals surface area contributed by atoms with Crippen LogP contribution in [-0.2, 0) is 6.42 Å². The van der Waals surface area contributed by atoms with Crippen LogP contribution in [-0.4, -0.2) is 30.6 Å². The molecule has 0 spiro atoms. The number of benzene rings is 3. The summed E-state index contributed by atoms with van der Waals surface area (Å²) in [5.74, 6) is 7.44. The third-order valence-corrected chi connectivity index (χ3v) is 5.38. The van der Waals surface area contributed by atoms with Crippen molar-refractivity contribution in [2.75, 3.05) is 13.7 Å². The number of carbonyl (C=O) groups excluding carboxylic acids is 1. The molecule has 0 unspecified atom stereocenters. The Morgan fingerprint density at radius 2 is 1.74 bits per heavy atom. The SMILES string of the molecule is COc1ccc(C#Cc2ccc(OC(C)C)c(C(=O)NCCc3c[nH]c4ccccc34)c2)cc1. The van der Waals surface area contributed by atoms with E-state index in [1.54, 1.807) is 13.2 Å². The minimum Gasteiger partial charge on any atom is -0.497 e. The quantitative estimate of drug-likeness (QED) is 0.372. The lowest BCUT2D eigenvalue weighted by Gasteiger charge is -2.14. The highest BCUT2D eigenvalue weighted by Crippen LogP contribution is 2.22. The van der Waals surface area contributed by atoms with Gasteiger partial charge >= 0.3 is 0 Å². The number of hydrogen-bond acceptors (Lipinski definition) is 3. The lowest BCUT2D eigenvalue weighted by atomic mass is 10.1. The zero-order valence-corrected chi connectivity index (χ0v) is 19.6. The molecular weight excluding hydrogens is 424 g/mol. The number of H-pyrrole nitrogens is 1. The standard InChI is InChI=1S/C29H28N2O3/c1-20(2)34-28-15-12-22(9-8-21-10-13-24(33-3)14-11-21)18-26(28)29(32)30-17-16-23-19-31-27-7-5-4-6-25(23)27/h4-7,10-15,18-20,31H,16-17H2,1-3H3,(H,30,32). The fraction of sp³-hybridized carbons (Fsp3) is 0.207. The monoisotopic (exact) mass is 452 g/mol. The van der Waals surface area contributed by atoms with E-state index in [1.165, 1.54) is 10.9 Å². The number of hydrogen-bond donors (Lipinski definition) is 2. The van der Waals surface area contributed by atoms with Gasteiger partial charge < -0.3 is 19.8 Å². The molecule has 0 atom stereocenters. The fourth-order valence-corrected chi connectivity index (χ4v) is 3.70. The van der Waals surface area contributed by atoms with Crippen molar-refractivity contribution in [2.24, 2.45) is 0 Å². The van der Waals surface area contributed by atoms with E-state index < -0.39 is 0 Å². The van der Waals surface area contributed by atoms with E-state index >= 15 is 0 Å². The van der Waals surface area contributed by atoms with Gasteiger partial charge in [0, 0.05) is 34.8 Å². The number of amides is 1. The Labute approximate surface area is 200 Å². The number of methoxy groups -OCH3 is 1. The van der Waals surface area contributed by atoms with Crippen molar-refractivity contribution in [1.29, 1.82) is 0 Å². The van der Waals surface area contributed by atoms with Gasteiger partial charge in [-0.1, -0.05) is 30.0 Å². The van der Waals surface area contributed by atoms with E-state index in [1.807, 2.05) is 74.6 Å². The molecule has 5 nitrogen and oxygen atoms in total. The molecule has 0 aliphatic heterocycles. The van der Waals surface area contributed by atoms with Gasteiger partial charge in [0.2, 0.25) is 0 Å². The molecule has 0 radical (unpaired) electrons. The number of para-hydroxylation sites is 1. The number of nitrogens with one attached hydrogen (secondary N) is 2. The van der Waals surface area contributed by atoms with Crippen LogP contribution in [0.3, 0.4) is 0 Å². The predicted octanol–water partition coefficient (Wildman–Crippen LogP) is 5.34. The molecule has 34 heavy (non-hydrogen) atoms. The van der Waals surface area contributed by atoms with Crippen LogP contribution >= 0.6 is 0 Å². The zero-order chi connectivity index (χ0) is 23.9. The number of ether oxygens (including phenoxy) is 2. The Kier molecular flexibility index (Phi) is 7.19. The van der Waals surface area contributed by atoms with E-state index in [-0.39, 0.29) is 12.0 Å². The molecule has 0 aliphatic rings. The number of aromatic nitrogens is 1. The summed E-state index contributed by atoms with van der Waals surface area (Å²) in [6.45, 7) is 4.40. The van der Waals surface area contributed by atoms with Crippen molar-refractivity contribution in [3.8, 4) is 23.3 Å². The first kappa shape index (κ1) is 23.0. The predicted molar refractivity (Wildman–Crippen MR) is 136 cm³/mol. The molecule has 2 N–H and O–H groups in total. The lowest BCUT2D eigenvalue weighted by molar-refractivity contribution is 0.0948. The normalized spacial score (nSPS) is 10.6. The highest BCUT2D eigenvalue weighted by molar-refractivity contribution is 5.97. The molecule has 1 aromatic heterocycles. The fourth-order valence-electron chi connectivity index (χ4n) is 3.70. The Hall–Kier alpha value is -4.17. The average Bonchev–Trinajstić information content (AvgIpc) is 3.26. The summed E-state index contributed by atoms with van der Waals surface area (Å²) >= 11 is 0. The summed E-state index contributed by atoms with van der Waals surface area (Å²) in [4.78, 5) is 16.4. The van der Waals surface area contributed by atoms with Crippen LogP contribution in [0, 0.1) is 11.8 Å². The maximum absolute atomic E-state index is 13.1. The molecule has 0 fully saturated rings. The van der Waals surface area contributed by atoms with Crippen molar-refractivity contribution in [1.82, 2.24) is 10.3 Å². The molecule has 1 amide bonds. The van der Waals surface area contributed by atoms with Gasteiger partial charge in [-0.05, 0) is 74.4 Å². The Bertz CT molecular complexity index is 1340. The Morgan fingerprint density at radius 3 is 2.50 bits per heavy atom. The third kappa shape index (κ3) is 5.60. The lowest BCUT2D eigenvalue weighted by Crippen LogP contribution is -2.26. The maximum Gasteiger partial charge on any atom is 0.255 e. The van der Waals surface area contributed by atoms with Gasteiger partial charge in [-0.25, -0.2) is 0 Å². The molecule has 172 valence electrons. The van der Waals surface area contributed by atoms with Crippen LogP contribution in [0.1, 0.15) is 40.9 Å². The summed E-state index contributed by atoms with van der Waals surface area (Å²) in [7, 11) is 1.63. The molecule has 1 heterocycles. The largest absolute Gasteiger partial charge is 0.497 e. The van der Waals surface area contributed by atoms with Crippen molar-refractivity contribution in [3.63, 3.8) is 0 Å². The van der Waals surface area contributed by atoms with Crippen LogP contribution in [0.5, 0.6) is 11.5 Å². The number of fused-ring (bicyclic) bond motifs is 1. The second kappa shape index (κ2) is 10.6. The van der Waals surface area contributed by atoms with Crippen LogP contribution in [0.25, 0.3) is 10.9 Å². The van der Waals surface area contributed by atoms with E-state index in [9.17, 15) is 4.79 Å². The topological polar surface area (TPSA) is 63.4 Å². The van der Waals surface area contributed by atoms with Crippen LogP contribution in [0.4, 0.5) is 0 Å². The van der Waals surface area contributed by atoms with Crippen molar-refractivity contribution >= 4 is 16.8 Å². The van der Waals surface area contributed by atoms with Gasteiger partial charge in [-0.15, -0.1) is 0 Å². The van der Waals surface area contributed by atoms with Crippen LogP contribution in [0.15, 0.2) is 72.9 Å². The van der Waals surface area contributed by atoms with Gasteiger partial charge in [-0.3, -0.25) is 4.79 Å². The van der Waals surface area contributed by atoms with E-state index in [0.29, 0.717) is 17.9 Å². The molecular formula is C29H28N2O3. The molecule has 3 aromatic carbocycles. The maximum atomic E-state index is 13.1. The molecule has 0 aliphatic carbocycles. The van der Waals surface area contributed by atoms with Crippen LogP contribution in [0.2, 0.25) is 0 Å². The highest BCUT2D eigenvalue weighted by Gasteiger charge is 2.15. The van der Waals surface area contributed by atoms with Gasteiger partial charge in [-0.2, -0.15) is 0 Å². The van der Waals surface area contributed by atoms with E-state index in [4.69, 9.17) is 9.47 Å². The summed E-state index contributed by atoms with van der Waals surface area (Å²) in [6.07, 6.45) is 2.68. The molecule has 4 aromatic rings. The van der Waals surface area contributed by atoms with Crippen molar-refractivity contribution in [3.05, 3.63) is 95.2 Å². The number of rotatable bonds is 7. The third-order valence-electron chi connectivity index (χ3n) is 5.38. The van der Waals surface area contributed by atoms with Gasteiger partial charge in [0.25, 0.3) is 5.91 Å². The second-order valence-corrected chi connectivity index (χ2v) is 8.22. The van der Waals surface area contributed by atoms with E-state index in [0.717, 1.165) is 28.8 Å². The molecule has 4 rings (SSSR count). The first-order chi connectivity index (χ1) is 16.5. The Morgan fingerprint density at radius 1 is 1.00 bits per heavy atom. The first-order valence-electron chi connectivity index (χ1n) is 11.3. The highest BCUT2D eigenvalue weighted by atomic mass is 16.5. The van der Waals surface area contributed by atoms with Gasteiger partial charge in [0.05, 0.1) is 18.8 Å². The number of aromatic amines is 1. The molecule has 5 heteroatoms. The number of carbonyl (C=O) groups is 1. The van der Waals surface area contributed by atoms with Crippen LogP contribution < -0.4 is 14.8 Å². The zero-order valence-electron chi connectivity index (χ0n) is 19.6. The van der Waals surface area contributed by atoms with Gasteiger partial charge in [0.1, 0.15) is 11.5 Å². The van der Waals surface area contributed by atoms with Crippen molar-refractivity contribution < 1.29 is 14.3 Å². The molecule has 0 bridgehead atoms. The minimum absolute atomic E-state index is 0.0472. The summed E-state index contributed by atoms with van der Waals surface area (Å²) in [5, 5.41) is 4.21. The minimum atomic E-state index is -0.177. The summed E-state index contributed by atoms with van der Waals surface area (Å²) < 4.78 is 11.1.